The third-order valence-corrected chi connectivity index (χ3v) is 13.4. The molecule has 3 aliphatic heterocycles. The molecule has 3 heterocycles. The van der Waals surface area contributed by atoms with Crippen molar-refractivity contribution < 1.29 is 13.7 Å². The highest BCUT2D eigenvalue weighted by molar-refractivity contribution is 5.56. The number of hydrogen-bond donors (Lipinski definition) is 0. The minimum Gasteiger partial charge on any atom is -0.260 e. The number of rotatable bonds is 12. The van der Waals surface area contributed by atoms with Gasteiger partial charge < -0.3 is 0 Å². The van der Waals surface area contributed by atoms with E-state index in [0.717, 1.165) is 78.5 Å². The minimum absolute atomic E-state index is 0.948. The van der Waals surface area contributed by atoms with E-state index < -0.39 is 0 Å². The monoisotopic (exact) mass is 766 g/mol. The molecule has 6 heteroatoms. The summed E-state index contributed by atoms with van der Waals surface area (Å²) in [6.45, 7) is 39.6. The average molecular weight is 766 g/mol. The van der Waals surface area contributed by atoms with Crippen LogP contribution in [-0.4, -0.2) is 86.7 Å². The predicted octanol–water partition coefficient (Wildman–Crippen LogP) is 8.56. The molecular formula is C51H69N6+3. The van der Waals surface area contributed by atoms with Gasteiger partial charge in [0.05, 0.1) is 0 Å². The van der Waals surface area contributed by atoms with Crippen LogP contribution in [0, 0.1) is 83.1 Å². The third kappa shape index (κ3) is 8.91. The summed E-state index contributed by atoms with van der Waals surface area (Å²) in [6.07, 6.45) is 7.25. The fourth-order valence-corrected chi connectivity index (χ4v) is 10.2. The summed E-state index contributed by atoms with van der Waals surface area (Å²) in [4.78, 5) is 7.59. The Kier molecular flexibility index (Phi) is 11.8. The molecule has 0 N–H and O–H groups in total. The summed E-state index contributed by atoms with van der Waals surface area (Å²) in [6, 6.07) is 14.0. The normalized spacial score (nSPS) is 15.6. The number of benzene rings is 4. The van der Waals surface area contributed by atoms with Crippen molar-refractivity contribution in [3.63, 3.8) is 0 Å². The molecule has 4 aromatic carbocycles. The maximum absolute atomic E-state index is 2.57. The lowest BCUT2D eigenvalue weighted by Gasteiger charge is -2.21. The lowest BCUT2D eigenvalue weighted by atomic mass is 9.87. The van der Waals surface area contributed by atoms with Crippen LogP contribution in [0.15, 0.2) is 36.4 Å². The average Bonchev–Trinajstić information content (AvgIpc) is 3.90. The molecule has 7 rings (SSSR count). The second kappa shape index (κ2) is 16.6. The van der Waals surface area contributed by atoms with E-state index in [2.05, 4.69) is 167 Å². The lowest BCUT2D eigenvalue weighted by Crippen LogP contribution is -2.21. The molecule has 300 valence electrons. The fraction of sp³-hybridized carbons (Fsp3) is 0.471. The zero-order valence-electron chi connectivity index (χ0n) is 37.4. The van der Waals surface area contributed by atoms with Gasteiger partial charge in [0, 0.05) is 0 Å². The maximum atomic E-state index is 2.57. The smallest absolute Gasteiger partial charge is 0.234 e. The van der Waals surface area contributed by atoms with E-state index in [-0.39, 0.29) is 0 Å². The third-order valence-electron chi connectivity index (χ3n) is 13.4. The number of hydrogen-bond acceptors (Lipinski definition) is 3. The Bertz CT molecular complexity index is 1960. The van der Waals surface area contributed by atoms with Gasteiger partial charge >= 0.3 is 0 Å². The van der Waals surface area contributed by atoms with Gasteiger partial charge in [-0.3, -0.25) is 28.4 Å². The van der Waals surface area contributed by atoms with Crippen molar-refractivity contribution in [2.45, 2.75) is 122 Å². The van der Waals surface area contributed by atoms with Gasteiger partial charge in [0.2, 0.25) is 19.0 Å². The van der Waals surface area contributed by atoms with Crippen LogP contribution in [0.4, 0.5) is 0 Å². The van der Waals surface area contributed by atoms with Gasteiger partial charge in [-0.2, -0.15) is 0 Å². The first-order chi connectivity index (χ1) is 27.1. The molecule has 0 saturated carbocycles. The topological polar surface area (TPSA) is 18.8 Å². The van der Waals surface area contributed by atoms with Gasteiger partial charge in [-0.25, -0.2) is 0 Å². The fourth-order valence-electron chi connectivity index (χ4n) is 10.2. The first kappa shape index (κ1) is 40.5. The van der Waals surface area contributed by atoms with Crippen molar-refractivity contribution in [2.75, 3.05) is 39.3 Å². The van der Waals surface area contributed by atoms with E-state index in [0.29, 0.717) is 0 Å². The Hall–Kier alpha value is -4.71. The molecule has 0 saturated heterocycles. The van der Waals surface area contributed by atoms with Crippen molar-refractivity contribution >= 4 is 19.0 Å². The minimum atomic E-state index is 0.948. The van der Waals surface area contributed by atoms with Crippen LogP contribution in [0.3, 0.4) is 0 Å². The molecule has 0 aromatic heterocycles. The summed E-state index contributed by atoms with van der Waals surface area (Å²) in [5.41, 5.74) is 25.8. The van der Waals surface area contributed by atoms with Crippen LogP contribution in [0.25, 0.3) is 0 Å². The van der Waals surface area contributed by atoms with Crippen LogP contribution in [0.5, 0.6) is 0 Å². The van der Waals surface area contributed by atoms with E-state index in [1.165, 1.54) is 100 Å². The molecule has 0 amide bonds. The molecule has 0 bridgehead atoms. The Labute approximate surface area is 344 Å². The largest absolute Gasteiger partial charge is 0.260 e. The van der Waals surface area contributed by atoms with Crippen LogP contribution in [-0.2, 0) is 39.3 Å². The Morgan fingerprint density at radius 2 is 0.579 bits per heavy atom. The van der Waals surface area contributed by atoms with Gasteiger partial charge in [-0.05, 0) is 167 Å². The summed E-state index contributed by atoms with van der Waals surface area (Å²) in [7, 11) is 0. The van der Waals surface area contributed by atoms with Crippen LogP contribution in [0.1, 0.15) is 100 Å². The molecule has 0 atom stereocenters. The van der Waals surface area contributed by atoms with Crippen LogP contribution >= 0.6 is 0 Å². The maximum Gasteiger partial charge on any atom is 0.234 e. The van der Waals surface area contributed by atoms with E-state index >= 15 is 0 Å². The van der Waals surface area contributed by atoms with Crippen molar-refractivity contribution in [3.8, 4) is 0 Å². The molecular weight excluding hydrogens is 697 g/mol. The quantitative estimate of drug-likeness (QED) is 0.135. The zero-order chi connectivity index (χ0) is 40.7. The predicted molar refractivity (Wildman–Crippen MR) is 239 cm³/mol. The molecule has 0 radical (unpaired) electrons. The van der Waals surface area contributed by atoms with E-state index in [1.54, 1.807) is 0 Å². The molecule has 0 aliphatic carbocycles. The van der Waals surface area contributed by atoms with E-state index in [1.807, 2.05) is 0 Å². The first-order valence-electron chi connectivity index (χ1n) is 21.4. The zero-order valence-corrected chi connectivity index (χ0v) is 37.4. The van der Waals surface area contributed by atoms with Gasteiger partial charge in [0.25, 0.3) is 0 Å². The van der Waals surface area contributed by atoms with E-state index in [4.69, 9.17) is 0 Å². The standard InChI is InChI=1S/C51H69N6/c1-34-19-37(4)46(38(5)20-34)25-52-13-16-55(31-52)28-49-43(10)50(29-56-17-14-53(32-56)26-47-39(6)21-35(2)22-40(47)7)45(12)51(44(49)11)30-57-18-15-54(33-57)27-48-41(8)23-36(3)24-42(48)9/h19-24,31-33H,13-18,25-30H2,1-12H3/q+3. The van der Waals surface area contributed by atoms with Gasteiger partial charge in [0.15, 0.2) is 0 Å². The SMILES string of the molecule is Cc1cc(C)c(CN2C=[N+](Cc3c(C)c(C[N+]4=CN(Cc5c(C)cc(C)cc5C)CC4)c(C)c(C[N+]4=CN(Cc5c(C)cc(C)cc5C)CC4)c3C)CC2)c(C)c1. The molecule has 0 unspecified atom stereocenters. The number of aryl methyl sites for hydroxylation is 9. The van der Waals surface area contributed by atoms with Crippen LogP contribution in [0.2, 0.25) is 0 Å². The van der Waals surface area contributed by atoms with E-state index in [9.17, 15) is 0 Å². The summed E-state index contributed by atoms with van der Waals surface area (Å²) in [5.74, 6) is 0. The van der Waals surface area contributed by atoms with Crippen LogP contribution < -0.4 is 0 Å². The highest BCUT2D eigenvalue weighted by Crippen LogP contribution is 2.31. The summed E-state index contributed by atoms with van der Waals surface area (Å²) in [5, 5.41) is 0. The number of nitrogens with zero attached hydrogens (tertiary/aromatic N) is 6. The van der Waals surface area contributed by atoms with Crippen molar-refractivity contribution in [2.24, 2.45) is 0 Å². The Morgan fingerprint density at radius 3 is 0.807 bits per heavy atom. The second-order valence-corrected chi connectivity index (χ2v) is 18.1. The molecule has 0 fully saturated rings. The molecule has 0 spiro atoms. The van der Waals surface area contributed by atoms with Gasteiger partial charge in [-0.1, -0.05) is 53.1 Å². The summed E-state index contributed by atoms with van der Waals surface area (Å²) >= 11 is 0. The Balaban J connectivity index is 1.18. The molecule has 57 heavy (non-hydrogen) atoms. The van der Waals surface area contributed by atoms with Crippen molar-refractivity contribution in [1.29, 1.82) is 0 Å². The Morgan fingerprint density at radius 1 is 0.351 bits per heavy atom. The molecule has 6 nitrogen and oxygen atoms in total. The molecule has 3 aliphatic rings. The second-order valence-electron chi connectivity index (χ2n) is 18.1. The highest BCUT2D eigenvalue weighted by atomic mass is 15.3. The summed E-state index contributed by atoms with van der Waals surface area (Å²) < 4.78 is 7.72. The first-order valence-corrected chi connectivity index (χ1v) is 21.4. The van der Waals surface area contributed by atoms with Crippen molar-refractivity contribution in [3.05, 3.63) is 137 Å². The van der Waals surface area contributed by atoms with Crippen molar-refractivity contribution in [1.82, 2.24) is 14.7 Å². The molecule has 4 aromatic rings. The lowest BCUT2D eigenvalue weighted by molar-refractivity contribution is -0.533. The van der Waals surface area contributed by atoms with Gasteiger partial charge in [-0.15, -0.1) is 0 Å². The van der Waals surface area contributed by atoms with Gasteiger partial charge in [0.1, 0.15) is 78.5 Å². The highest BCUT2D eigenvalue weighted by Gasteiger charge is 2.29.